The number of carbonyl (C=O) groups excluding carboxylic acids is 1. The Kier molecular flexibility index (Phi) is 7.65. The van der Waals surface area contributed by atoms with E-state index < -0.39 is 5.91 Å². The predicted molar refractivity (Wildman–Crippen MR) is 147 cm³/mol. The molecule has 8 nitrogen and oxygen atoms in total. The fourth-order valence-electron chi connectivity index (χ4n) is 3.70. The number of hydrogen-bond donors (Lipinski definition) is 1. The highest BCUT2D eigenvalue weighted by Gasteiger charge is 2.15. The van der Waals surface area contributed by atoms with Crippen molar-refractivity contribution >= 4 is 34.8 Å². The van der Waals surface area contributed by atoms with Crippen molar-refractivity contribution in [2.45, 2.75) is 23.6 Å². The minimum Gasteiger partial charge on any atom is -0.484 e. The molecule has 5 aromatic rings. The predicted octanol–water partition coefficient (Wildman–Crippen LogP) is 5.22. The second-order valence-electron chi connectivity index (χ2n) is 8.23. The van der Waals surface area contributed by atoms with Gasteiger partial charge in [-0.3, -0.25) is 14.2 Å². The normalized spacial score (nSPS) is 11.2. The number of fused-ring (bicyclic) bond motifs is 1. The minimum absolute atomic E-state index is 0.160. The van der Waals surface area contributed by atoms with E-state index in [4.69, 9.17) is 14.1 Å². The van der Waals surface area contributed by atoms with Crippen LogP contribution < -0.4 is 15.7 Å². The molecule has 0 aliphatic carbocycles. The molecule has 1 N–H and O–H groups in total. The molecule has 38 heavy (non-hydrogen) atoms. The summed E-state index contributed by atoms with van der Waals surface area (Å²) >= 11 is 1.22. The Bertz CT molecular complexity index is 1640. The number of para-hydroxylation sites is 2. The Morgan fingerprint density at radius 1 is 1.03 bits per heavy atom. The van der Waals surface area contributed by atoms with Crippen LogP contribution in [0, 0.1) is 0 Å². The van der Waals surface area contributed by atoms with Gasteiger partial charge in [0.2, 0.25) is 0 Å². The number of amides is 1. The van der Waals surface area contributed by atoms with Crippen molar-refractivity contribution in [2.75, 3.05) is 6.61 Å². The number of nitrogens with one attached hydrogen (secondary N) is 1. The number of ether oxygens (including phenoxy) is 1. The molecule has 0 bridgehead atoms. The van der Waals surface area contributed by atoms with E-state index in [0.717, 1.165) is 6.42 Å². The summed E-state index contributed by atoms with van der Waals surface area (Å²) in [6, 6.07) is 27.6. The molecule has 0 saturated heterocycles. The van der Waals surface area contributed by atoms with Crippen LogP contribution in [0.1, 0.15) is 18.2 Å². The molecule has 9 heteroatoms. The summed E-state index contributed by atoms with van der Waals surface area (Å²) in [5.74, 6) is 0.651. The molecular formula is C29H24N4O4S. The van der Waals surface area contributed by atoms with E-state index in [2.05, 4.69) is 17.5 Å². The molecule has 0 radical (unpaired) electrons. The molecule has 0 unspecified atom stereocenters. The van der Waals surface area contributed by atoms with E-state index in [1.807, 2.05) is 72.8 Å². The standard InChI is InChI=1S/C29H24N4O4S/c1-2-20-12-14-22(15-13-20)36-19-26(34)32-30-18-23-16-17-27(37-23)38-29-31-25-11-7-6-10-24(25)28(35)33(29)21-8-4-3-5-9-21/h3-18H,2,19H2,1H3,(H,32,34)/b30-18+. The first-order chi connectivity index (χ1) is 18.6. The van der Waals surface area contributed by atoms with Crippen LogP contribution in [0.15, 0.2) is 116 Å². The zero-order valence-electron chi connectivity index (χ0n) is 20.5. The lowest BCUT2D eigenvalue weighted by atomic mass is 10.2. The highest BCUT2D eigenvalue weighted by atomic mass is 32.2. The van der Waals surface area contributed by atoms with Gasteiger partial charge in [0.15, 0.2) is 16.9 Å². The van der Waals surface area contributed by atoms with Crippen LogP contribution in [0.3, 0.4) is 0 Å². The monoisotopic (exact) mass is 524 g/mol. The third kappa shape index (κ3) is 5.84. The summed E-state index contributed by atoms with van der Waals surface area (Å²) < 4.78 is 12.9. The van der Waals surface area contributed by atoms with Crippen LogP contribution in [-0.4, -0.2) is 28.3 Å². The van der Waals surface area contributed by atoms with Gasteiger partial charge in [-0.25, -0.2) is 10.4 Å². The van der Waals surface area contributed by atoms with E-state index in [0.29, 0.717) is 38.3 Å². The molecule has 0 fully saturated rings. The molecule has 1 amide bonds. The van der Waals surface area contributed by atoms with Crippen LogP contribution in [0.5, 0.6) is 5.75 Å². The summed E-state index contributed by atoms with van der Waals surface area (Å²) in [6.07, 6.45) is 2.34. The third-order valence-electron chi connectivity index (χ3n) is 5.64. The lowest BCUT2D eigenvalue weighted by molar-refractivity contribution is -0.123. The zero-order chi connectivity index (χ0) is 26.3. The maximum Gasteiger partial charge on any atom is 0.277 e. The van der Waals surface area contributed by atoms with Gasteiger partial charge in [0, 0.05) is 0 Å². The van der Waals surface area contributed by atoms with Crippen LogP contribution in [0.2, 0.25) is 0 Å². The number of aromatic nitrogens is 2. The first-order valence-electron chi connectivity index (χ1n) is 12.0. The van der Waals surface area contributed by atoms with Crippen molar-refractivity contribution in [1.82, 2.24) is 15.0 Å². The minimum atomic E-state index is -0.394. The first-order valence-corrected chi connectivity index (χ1v) is 12.8. The van der Waals surface area contributed by atoms with Crippen molar-refractivity contribution in [3.05, 3.63) is 113 Å². The van der Waals surface area contributed by atoms with Gasteiger partial charge < -0.3 is 9.15 Å². The Balaban J connectivity index is 1.27. The highest BCUT2D eigenvalue weighted by Crippen LogP contribution is 2.29. The number of aryl methyl sites for hydroxylation is 1. The lowest BCUT2D eigenvalue weighted by Crippen LogP contribution is -2.24. The average Bonchev–Trinajstić information content (AvgIpc) is 3.40. The van der Waals surface area contributed by atoms with Crippen molar-refractivity contribution in [3.8, 4) is 11.4 Å². The second-order valence-corrected chi connectivity index (χ2v) is 9.20. The summed E-state index contributed by atoms with van der Waals surface area (Å²) in [6.45, 7) is 1.91. The van der Waals surface area contributed by atoms with Gasteiger partial charge in [-0.05, 0) is 72.3 Å². The molecule has 190 valence electrons. The van der Waals surface area contributed by atoms with Gasteiger partial charge in [-0.1, -0.05) is 49.4 Å². The summed E-state index contributed by atoms with van der Waals surface area (Å²) in [5, 5.41) is 5.46. The number of benzene rings is 3. The molecule has 5 rings (SSSR count). The molecule has 0 atom stereocenters. The first kappa shape index (κ1) is 25.0. The van der Waals surface area contributed by atoms with Crippen LogP contribution in [0.25, 0.3) is 16.6 Å². The van der Waals surface area contributed by atoms with E-state index >= 15 is 0 Å². The van der Waals surface area contributed by atoms with E-state index in [9.17, 15) is 9.59 Å². The Morgan fingerprint density at radius 2 is 1.79 bits per heavy atom. The van der Waals surface area contributed by atoms with Gasteiger partial charge in [-0.2, -0.15) is 5.10 Å². The number of furan rings is 1. The fraction of sp³-hybridized carbons (Fsp3) is 0.103. The number of hydrazone groups is 1. The SMILES string of the molecule is CCc1ccc(OCC(=O)N/N=C/c2ccc(Sc3nc4ccccc4c(=O)n3-c3ccccc3)o2)cc1. The quantitative estimate of drug-likeness (QED) is 0.161. The average molecular weight is 525 g/mol. The molecule has 0 aliphatic heterocycles. The Hall–Kier alpha value is -4.63. The van der Waals surface area contributed by atoms with Gasteiger partial charge in [-0.15, -0.1) is 0 Å². The van der Waals surface area contributed by atoms with Gasteiger partial charge in [0.25, 0.3) is 11.5 Å². The summed E-state index contributed by atoms with van der Waals surface area (Å²) in [5.41, 5.74) is 4.77. The van der Waals surface area contributed by atoms with Crippen molar-refractivity contribution in [2.24, 2.45) is 5.10 Å². The summed E-state index contributed by atoms with van der Waals surface area (Å²) in [4.78, 5) is 30.1. The molecule has 0 aliphatic rings. The molecule has 0 spiro atoms. The van der Waals surface area contributed by atoms with Crippen LogP contribution in [-0.2, 0) is 11.2 Å². The maximum atomic E-state index is 13.3. The topological polar surface area (TPSA) is 98.7 Å². The van der Waals surface area contributed by atoms with Gasteiger partial charge >= 0.3 is 0 Å². The van der Waals surface area contributed by atoms with Gasteiger partial charge in [0.05, 0.1) is 22.8 Å². The second kappa shape index (κ2) is 11.6. The summed E-state index contributed by atoms with van der Waals surface area (Å²) in [7, 11) is 0. The molecule has 0 saturated carbocycles. The smallest absolute Gasteiger partial charge is 0.277 e. The van der Waals surface area contributed by atoms with Crippen molar-refractivity contribution < 1.29 is 13.9 Å². The largest absolute Gasteiger partial charge is 0.484 e. The van der Waals surface area contributed by atoms with Gasteiger partial charge in [0.1, 0.15) is 11.5 Å². The number of rotatable bonds is 9. The molecular weight excluding hydrogens is 500 g/mol. The highest BCUT2D eigenvalue weighted by molar-refractivity contribution is 7.99. The Morgan fingerprint density at radius 3 is 2.58 bits per heavy atom. The van der Waals surface area contributed by atoms with E-state index in [1.54, 1.807) is 22.8 Å². The Labute approximate surface area is 223 Å². The van der Waals surface area contributed by atoms with Crippen molar-refractivity contribution in [1.29, 1.82) is 0 Å². The molecule has 2 aromatic heterocycles. The number of carbonyl (C=O) groups is 1. The lowest BCUT2D eigenvalue weighted by Gasteiger charge is -2.12. The van der Waals surface area contributed by atoms with E-state index in [-0.39, 0.29) is 12.2 Å². The number of nitrogens with zero attached hydrogens (tertiary/aromatic N) is 3. The van der Waals surface area contributed by atoms with Crippen LogP contribution >= 0.6 is 11.8 Å². The van der Waals surface area contributed by atoms with Crippen LogP contribution in [0.4, 0.5) is 0 Å². The number of hydrogen-bond acceptors (Lipinski definition) is 7. The maximum absolute atomic E-state index is 13.3. The third-order valence-corrected chi connectivity index (χ3v) is 6.51. The fourth-order valence-corrected chi connectivity index (χ4v) is 4.58. The van der Waals surface area contributed by atoms with E-state index in [1.165, 1.54) is 23.5 Å². The molecule has 3 aromatic carbocycles. The molecule has 2 heterocycles. The van der Waals surface area contributed by atoms with Crippen molar-refractivity contribution in [3.63, 3.8) is 0 Å². The zero-order valence-corrected chi connectivity index (χ0v) is 21.4.